The van der Waals surface area contributed by atoms with Crippen LogP contribution in [-0.2, 0) is 0 Å². The zero-order valence-electron chi connectivity index (χ0n) is 17.7. The van der Waals surface area contributed by atoms with Gasteiger partial charge in [-0.05, 0) is 43.0 Å². The van der Waals surface area contributed by atoms with E-state index in [0.29, 0.717) is 41.3 Å². The van der Waals surface area contributed by atoms with Gasteiger partial charge in [0.25, 0.3) is 11.6 Å². The summed E-state index contributed by atoms with van der Waals surface area (Å²) in [7, 11) is 0. The molecule has 2 heterocycles. The first kappa shape index (κ1) is 19.9. The second-order valence-corrected chi connectivity index (χ2v) is 7.50. The molecule has 6 heteroatoms. The molecule has 6 nitrogen and oxygen atoms in total. The van der Waals surface area contributed by atoms with Gasteiger partial charge in [-0.1, -0.05) is 56.7 Å². The molecule has 0 radical (unpaired) electrons. The highest BCUT2D eigenvalue weighted by molar-refractivity contribution is 5.78. The zero-order chi connectivity index (χ0) is 21.1. The number of aromatic nitrogens is 3. The molecule has 0 unspecified atom stereocenters. The summed E-state index contributed by atoms with van der Waals surface area (Å²) in [6.07, 6.45) is 0.848. The summed E-state index contributed by atoms with van der Waals surface area (Å²) in [5.74, 6) is 1.86. The van der Waals surface area contributed by atoms with Crippen molar-refractivity contribution in [2.24, 2.45) is 0 Å². The fourth-order valence-electron chi connectivity index (χ4n) is 3.17. The SMILES string of the molecule is CCCOc1nc(Oc2ccccc2C(C)C)nc2oc(-c3cccc(C)c3)nc12. The number of oxazole rings is 1. The van der Waals surface area contributed by atoms with Crippen LogP contribution in [0, 0.1) is 6.92 Å². The van der Waals surface area contributed by atoms with Crippen LogP contribution in [0.4, 0.5) is 0 Å². The Hall–Kier alpha value is -3.41. The van der Waals surface area contributed by atoms with Crippen LogP contribution in [0.25, 0.3) is 22.7 Å². The molecule has 0 aliphatic rings. The van der Waals surface area contributed by atoms with Crippen LogP contribution in [-0.4, -0.2) is 21.6 Å². The van der Waals surface area contributed by atoms with E-state index in [9.17, 15) is 0 Å². The summed E-state index contributed by atoms with van der Waals surface area (Å²) >= 11 is 0. The number of para-hydroxylation sites is 1. The minimum atomic E-state index is 0.175. The topological polar surface area (TPSA) is 70.3 Å². The highest BCUT2D eigenvalue weighted by Crippen LogP contribution is 2.33. The number of benzene rings is 2. The Morgan fingerprint density at radius 2 is 1.83 bits per heavy atom. The maximum atomic E-state index is 6.04. The van der Waals surface area contributed by atoms with Gasteiger partial charge >= 0.3 is 6.01 Å². The molecule has 0 aliphatic heterocycles. The molecule has 4 rings (SSSR count). The number of ether oxygens (including phenoxy) is 2. The molecule has 0 fully saturated rings. The number of nitrogens with zero attached hydrogens (tertiary/aromatic N) is 3. The summed E-state index contributed by atoms with van der Waals surface area (Å²) in [4.78, 5) is 13.5. The minimum Gasteiger partial charge on any atom is -0.476 e. The number of aryl methyl sites for hydroxylation is 1. The van der Waals surface area contributed by atoms with Gasteiger partial charge in [0.15, 0.2) is 5.52 Å². The van der Waals surface area contributed by atoms with Crippen LogP contribution in [0.3, 0.4) is 0 Å². The third-order valence-corrected chi connectivity index (χ3v) is 4.66. The van der Waals surface area contributed by atoms with Crippen LogP contribution >= 0.6 is 0 Å². The molecular formula is C24H25N3O3. The Bertz CT molecular complexity index is 1170. The van der Waals surface area contributed by atoms with Crippen molar-refractivity contribution < 1.29 is 13.9 Å². The molecule has 0 amide bonds. The minimum absolute atomic E-state index is 0.175. The molecule has 0 N–H and O–H groups in total. The molecule has 30 heavy (non-hydrogen) atoms. The standard InChI is InChI=1S/C24H25N3O3/c1-5-13-28-22-20-23(30-21(25-20)17-10-8-9-16(4)14-17)27-24(26-22)29-19-12-7-6-11-18(19)15(2)3/h6-12,14-15H,5,13H2,1-4H3. The van der Waals surface area contributed by atoms with E-state index in [2.05, 4.69) is 28.8 Å². The maximum absolute atomic E-state index is 6.04. The van der Waals surface area contributed by atoms with Crippen molar-refractivity contribution in [3.63, 3.8) is 0 Å². The first-order valence-corrected chi connectivity index (χ1v) is 10.2. The van der Waals surface area contributed by atoms with E-state index in [4.69, 9.17) is 13.9 Å². The lowest BCUT2D eigenvalue weighted by molar-refractivity contribution is 0.302. The van der Waals surface area contributed by atoms with Gasteiger partial charge in [0, 0.05) is 5.56 Å². The van der Waals surface area contributed by atoms with Gasteiger partial charge in [-0.3, -0.25) is 0 Å². The van der Waals surface area contributed by atoms with E-state index in [1.165, 1.54) is 0 Å². The second-order valence-electron chi connectivity index (χ2n) is 7.50. The molecule has 4 aromatic rings. The van der Waals surface area contributed by atoms with Gasteiger partial charge in [0.2, 0.25) is 5.89 Å². The second kappa shape index (κ2) is 8.53. The van der Waals surface area contributed by atoms with E-state index in [0.717, 1.165) is 23.1 Å². The molecule has 2 aromatic heterocycles. The Labute approximate surface area is 175 Å². The Morgan fingerprint density at radius 1 is 1.00 bits per heavy atom. The number of fused-ring (bicyclic) bond motifs is 1. The van der Waals surface area contributed by atoms with Crippen molar-refractivity contribution in [3.8, 4) is 29.1 Å². The average Bonchev–Trinajstić information content (AvgIpc) is 3.16. The normalized spacial score (nSPS) is 11.2. The predicted octanol–water partition coefficient (Wildman–Crippen LogP) is 6.30. The third kappa shape index (κ3) is 4.13. The summed E-state index contributed by atoms with van der Waals surface area (Å²) < 4.78 is 17.9. The van der Waals surface area contributed by atoms with Gasteiger partial charge in [-0.15, -0.1) is 0 Å². The maximum Gasteiger partial charge on any atom is 0.328 e. The molecule has 0 atom stereocenters. The number of hydrogen-bond donors (Lipinski definition) is 0. The van der Waals surface area contributed by atoms with Crippen molar-refractivity contribution in [1.82, 2.24) is 15.0 Å². The zero-order valence-corrected chi connectivity index (χ0v) is 17.7. The molecule has 0 saturated heterocycles. The van der Waals surface area contributed by atoms with Gasteiger partial charge in [-0.2, -0.15) is 9.97 Å². The molecular weight excluding hydrogens is 378 g/mol. The monoisotopic (exact) mass is 403 g/mol. The van der Waals surface area contributed by atoms with E-state index >= 15 is 0 Å². The summed E-state index contributed by atoms with van der Waals surface area (Å²) in [6.45, 7) is 8.81. The van der Waals surface area contributed by atoms with Gasteiger partial charge in [0.1, 0.15) is 5.75 Å². The molecule has 0 aliphatic carbocycles. The van der Waals surface area contributed by atoms with Gasteiger partial charge in [0.05, 0.1) is 6.61 Å². The molecule has 2 aromatic carbocycles. The number of rotatable bonds is 7. The molecule has 0 spiro atoms. The highest BCUT2D eigenvalue weighted by Gasteiger charge is 2.19. The summed E-state index contributed by atoms with van der Waals surface area (Å²) in [6, 6.07) is 16.0. The van der Waals surface area contributed by atoms with Gasteiger partial charge in [-0.25, -0.2) is 4.98 Å². The highest BCUT2D eigenvalue weighted by atomic mass is 16.5. The first-order valence-electron chi connectivity index (χ1n) is 10.2. The van der Waals surface area contributed by atoms with Crippen LogP contribution < -0.4 is 9.47 Å². The fraction of sp³-hybridized carbons (Fsp3) is 0.292. The van der Waals surface area contributed by atoms with E-state index in [1.54, 1.807) is 0 Å². The molecule has 154 valence electrons. The lowest BCUT2D eigenvalue weighted by Crippen LogP contribution is -2.02. The fourth-order valence-corrected chi connectivity index (χ4v) is 3.17. The van der Waals surface area contributed by atoms with Crippen LogP contribution in [0.5, 0.6) is 17.6 Å². The smallest absolute Gasteiger partial charge is 0.328 e. The van der Waals surface area contributed by atoms with Crippen molar-refractivity contribution in [1.29, 1.82) is 0 Å². The van der Waals surface area contributed by atoms with Crippen molar-refractivity contribution in [3.05, 3.63) is 59.7 Å². The molecule has 0 saturated carbocycles. The van der Waals surface area contributed by atoms with E-state index in [-0.39, 0.29) is 6.01 Å². The largest absolute Gasteiger partial charge is 0.476 e. The van der Waals surface area contributed by atoms with Gasteiger partial charge < -0.3 is 13.9 Å². The lowest BCUT2D eigenvalue weighted by Gasteiger charge is -2.12. The quantitative estimate of drug-likeness (QED) is 0.361. The lowest BCUT2D eigenvalue weighted by atomic mass is 10.0. The summed E-state index contributed by atoms with van der Waals surface area (Å²) in [5, 5.41) is 0. The van der Waals surface area contributed by atoms with Crippen molar-refractivity contribution >= 4 is 11.2 Å². The van der Waals surface area contributed by atoms with Crippen LogP contribution in [0.2, 0.25) is 0 Å². The van der Waals surface area contributed by atoms with Crippen LogP contribution in [0.1, 0.15) is 44.2 Å². The van der Waals surface area contributed by atoms with Crippen molar-refractivity contribution in [2.75, 3.05) is 6.61 Å². The first-order chi connectivity index (χ1) is 14.5. The van der Waals surface area contributed by atoms with E-state index in [1.807, 2.05) is 62.4 Å². The Morgan fingerprint density at radius 3 is 2.60 bits per heavy atom. The number of hydrogen-bond acceptors (Lipinski definition) is 6. The summed E-state index contributed by atoms with van der Waals surface area (Å²) in [5.41, 5.74) is 3.91. The Kier molecular flexibility index (Phi) is 5.65. The predicted molar refractivity (Wildman–Crippen MR) is 116 cm³/mol. The third-order valence-electron chi connectivity index (χ3n) is 4.66. The molecule has 0 bridgehead atoms. The van der Waals surface area contributed by atoms with Crippen LogP contribution in [0.15, 0.2) is 52.9 Å². The van der Waals surface area contributed by atoms with Crippen molar-refractivity contribution in [2.45, 2.75) is 40.0 Å². The Balaban J connectivity index is 1.78. The average molecular weight is 403 g/mol. The van der Waals surface area contributed by atoms with E-state index < -0.39 is 0 Å².